The predicted octanol–water partition coefficient (Wildman–Crippen LogP) is 6.48. The summed E-state index contributed by atoms with van der Waals surface area (Å²) in [6.45, 7) is 3.62. The lowest BCUT2D eigenvalue weighted by Gasteiger charge is -2.20. The second-order valence-electron chi connectivity index (χ2n) is 12.2. The number of ketones is 2. The first-order valence-corrected chi connectivity index (χ1v) is 18.9. The minimum atomic E-state index is -5.16. The van der Waals surface area contributed by atoms with Gasteiger partial charge in [0.1, 0.15) is 15.5 Å². The number of azo groups is 1. The maximum absolute atomic E-state index is 13.9. The number of nitrogens with one attached hydrogen (secondary N) is 2. The third-order valence-electron chi connectivity index (χ3n) is 8.39. The molecule has 0 radical (unpaired) electrons. The van der Waals surface area contributed by atoms with E-state index in [2.05, 4.69) is 31.3 Å². The number of non-ortho nitro benzene ring substituents is 1. The van der Waals surface area contributed by atoms with Crippen LogP contribution in [0.15, 0.2) is 121 Å². The predicted molar refractivity (Wildman–Crippen MR) is 209 cm³/mol. The highest BCUT2D eigenvalue weighted by molar-refractivity contribution is 7.91. The first-order valence-electron chi connectivity index (χ1n) is 16.0. The maximum atomic E-state index is 13.9. The van der Waals surface area contributed by atoms with Crippen LogP contribution in [0.1, 0.15) is 27.0 Å². The number of hydrazone groups is 2. The molecule has 20 heteroatoms. The van der Waals surface area contributed by atoms with E-state index in [1.807, 2.05) is 31.2 Å². The number of nitrogens with two attached hydrogens (primary N) is 1. The number of nitrogen functional groups attached to an aromatic ring is 1. The van der Waals surface area contributed by atoms with Gasteiger partial charge >= 0.3 is 0 Å². The third kappa shape index (κ3) is 8.22. The van der Waals surface area contributed by atoms with Crippen LogP contribution in [-0.4, -0.2) is 53.9 Å². The van der Waals surface area contributed by atoms with Crippen LogP contribution in [0.5, 0.6) is 0 Å². The van der Waals surface area contributed by atoms with Gasteiger partial charge in [0.05, 0.1) is 38.9 Å². The molecule has 0 heterocycles. The summed E-state index contributed by atoms with van der Waals surface area (Å²) in [5.74, 6) is -1.27. The lowest BCUT2D eigenvalue weighted by molar-refractivity contribution is -0.384. The van der Waals surface area contributed by atoms with Gasteiger partial charge in [0.15, 0.2) is 11.5 Å². The summed E-state index contributed by atoms with van der Waals surface area (Å²) in [7, 11) is -10.3. The summed E-state index contributed by atoms with van der Waals surface area (Å²) >= 11 is 0. The molecule has 56 heavy (non-hydrogen) atoms. The fourth-order valence-electron chi connectivity index (χ4n) is 5.55. The highest BCUT2D eigenvalue weighted by Crippen LogP contribution is 2.41. The van der Waals surface area contributed by atoms with E-state index in [1.165, 1.54) is 24.3 Å². The Hall–Kier alpha value is -7.00. The van der Waals surface area contributed by atoms with Crippen molar-refractivity contribution in [2.45, 2.75) is 18.7 Å². The van der Waals surface area contributed by atoms with Gasteiger partial charge < -0.3 is 5.73 Å². The number of rotatable bonds is 10. The Labute approximate surface area is 318 Å². The molecule has 6 rings (SSSR count). The molecule has 284 valence electrons. The number of anilines is 3. The highest BCUT2D eigenvalue weighted by Gasteiger charge is 2.37. The molecule has 2 aliphatic carbocycles. The van der Waals surface area contributed by atoms with Crippen molar-refractivity contribution in [3.63, 3.8) is 0 Å². The molecule has 2 aliphatic rings. The fraction of sp³-hybridized carbons (Fsp3) is 0.0556. The quantitative estimate of drug-likeness (QED) is 0.0287. The average molecular weight is 797 g/mol. The molecule has 0 saturated carbocycles. The number of Topliss-reactive ketones (excluding diaryl/α,β-unsaturated/α-hetero) is 1. The van der Waals surface area contributed by atoms with Gasteiger partial charge in [0.25, 0.3) is 25.9 Å². The number of benzene rings is 4. The van der Waals surface area contributed by atoms with E-state index in [9.17, 15) is 45.6 Å². The average Bonchev–Trinajstić information content (AvgIpc) is 3.13. The lowest BCUT2D eigenvalue weighted by atomic mass is 9.92. The lowest BCUT2D eigenvalue weighted by Crippen LogP contribution is -2.28. The monoisotopic (exact) mass is 796 g/mol. The first kappa shape index (κ1) is 38.7. The molecular weight excluding hydrogens is 769 g/mol. The van der Waals surface area contributed by atoms with Crippen molar-refractivity contribution in [2.75, 3.05) is 16.6 Å². The number of nitrogens with zero attached hydrogens (tertiary/aromatic N) is 5. The van der Waals surface area contributed by atoms with Gasteiger partial charge in [-0.2, -0.15) is 32.2 Å². The van der Waals surface area contributed by atoms with Crippen LogP contribution in [0.25, 0.3) is 17.2 Å². The van der Waals surface area contributed by atoms with E-state index in [0.717, 1.165) is 46.7 Å². The minimum absolute atomic E-state index is 0.0158. The molecular formula is C36H28N8O10S2. The van der Waals surface area contributed by atoms with Gasteiger partial charge in [-0.3, -0.25) is 39.7 Å². The number of nitro groups is 1. The van der Waals surface area contributed by atoms with Crippen molar-refractivity contribution in [2.24, 2.45) is 20.4 Å². The Bertz CT molecular complexity index is 2770. The molecule has 6 N–H and O–H groups in total. The smallest absolute Gasteiger partial charge is 0.296 e. The highest BCUT2D eigenvalue weighted by atomic mass is 32.2. The largest absolute Gasteiger partial charge is 0.396 e. The number of carbonyl (C=O) groups is 2. The molecule has 4 aromatic carbocycles. The van der Waals surface area contributed by atoms with Crippen LogP contribution in [0, 0.1) is 24.0 Å². The molecule has 0 amide bonds. The van der Waals surface area contributed by atoms with Gasteiger partial charge in [0, 0.05) is 12.1 Å². The summed E-state index contributed by atoms with van der Waals surface area (Å²) in [5, 5.41) is 26.9. The van der Waals surface area contributed by atoms with E-state index in [4.69, 9.17) is 5.73 Å². The van der Waals surface area contributed by atoms with Gasteiger partial charge in [-0.15, -0.1) is 5.11 Å². The number of nitro benzene ring substituents is 1. The van der Waals surface area contributed by atoms with Crippen molar-refractivity contribution in [3.8, 4) is 11.1 Å². The zero-order chi connectivity index (χ0) is 40.5. The number of aryl methyl sites for hydroxylation is 2. The SMILES string of the molecule is Cc1cc(-c2ccc(N/N=C3/C(=O)c4c(cc(S(=O)(=O)O)c(N=Nc5ccc([N+](=O)[O-])cc5)c4N)C=C3S(=O)(=O)O)c(C)c2)ccc1NN=C1C=CC(=O)C=C1. The summed E-state index contributed by atoms with van der Waals surface area (Å²) in [6.07, 6.45) is 6.79. The van der Waals surface area contributed by atoms with Crippen molar-refractivity contribution in [1.29, 1.82) is 0 Å². The fourth-order valence-corrected chi connectivity index (χ4v) is 6.88. The summed E-state index contributed by atoms with van der Waals surface area (Å²) in [4.78, 5) is 33.6. The first-order chi connectivity index (χ1) is 26.4. The van der Waals surface area contributed by atoms with Crippen LogP contribution in [0.2, 0.25) is 0 Å². The van der Waals surface area contributed by atoms with Gasteiger partial charge in [-0.05, 0) is 115 Å². The van der Waals surface area contributed by atoms with Crippen LogP contribution in [0.4, 0.5) is 34.1 Å². The van der Waals surface area contributed by atoms with Gasteiger partial charge in [-0.1, -0.05) is 12.1 Å². The number of carbonyl (C=O) groups excluding carboxylic acids is 2. The Morgan fingerprint density at radius 3 is 1.84 bits per heavy atom. The number of allylic oxidation sites excluding steroid dienone is 5. The van der Waals surface area contributed by atoms with Crippen LogP contribution in [-0.2, 0) is 25.0 Å². The standard InChI is InChI=1S/C36H28N8O10S2/c1-19-15-21(3-13-28(19)40-38-25-7-11-27(45)12-8-25)22-4-14-29(20(2)16-22)41-43-35-31(56(52,53)54)18-23-17-30(55(49,50)51)34(33(37)32(23)36(35)46)42-39-24-5-9-26(10-6-24)44(47)48/h3-18,40-41H,37H2,1-2H3,(H,49,50,51)(H,52,53,54)/b42-39?,43-35+. The van der Waals surface area contributed by atoms with E-state index in [0.29, 0.717) is 17.0 Å². The van der Waals surface area contributed by atoms with Crippen molar-refractivity contribution < 1.29 is 40.5 Å². The normalized spacial score (nSPS) is 14.9. The third-order valence-corrected chi connectivity index (χ3v) is 10.1. The zero-order valence-electron chi connectivity index (χ0n) is 29.0. The molecule has 18 nitrogen and oxygen atoms in total. The zero-order valence-corrected chi connectivity index (χ0v) is 30.7. The topological polar surface area (TPSA) is 286 Å². The molecule has 0 atom stereocenters. The molecule has 0 aromatic heterocycles. The van der Waals surface area contributed by atoms with Crippen molar-refractivity contribution in [3.05, 3.63) is 128 Å². The van der Waals surface area contributed by atoms with E-state index < -0.39 is 69.0 Å². The van der Waals surface area contributed by atoms with Crippen molar-refractivity contribution >= 4 is 83.4 Å². The second-order valence-corrected chi connectivity index (χ2v) is 15.0. The molecule has 0 saturated heterocycles. The Morgan fingerprint density at radius 1 is 0.750 bits per heavy atom. The van der Waals surface area contributed by atoms with E-state index in [1.54, 1.807) is 31.2 Å². The second kappa shape index (κ2) is 15.0. The molecule has 0 unspecified atom stereocenters. The number of hydrogen-bond donors (Lipinski definition) is 5. The van der Waals surface area contributed by atoms with Crippen LogP contribution < -0.4 is 16.6 Å². The summed E-state index contributed by atoms with van der Waals surface area (Å²) in [6, 6.07) is 16.2. The number of fused-ring (bicyclic) bond motifs is 1. The molecule has 0 aliphatic heterocycles. The number of hydrogen-bond acceptors (Lipinski definition) is 15. The maximum Gasteiger partial charge on any atom is 0.296 e. The Balaban J connectivity index is 1.31. The van der Waals surface area contributed by atoms with E-state index >= 15 is 0 Å². The minimum Gasteiger partial charge on any atom is -0.396 e. The molecule has 0 spiro atoms. The van der Waals surface area contributed by atoms with Crippen LogP contribution >= 0.6 is 0 Å². The summed E-state index contributed by atoms with van der Waals surface area (Å²) < 4.78 is 69.8. The molecule has 4 aromatic rings. The van der Waals surface area contributed by atoms with Crippen molar-refractivity contribution in [1.82, 2.24) is 0 Å². The Kier molecular flexibility index (Phi) is 10.4. The van der Waals surface area contributed by atoms with Crippen LogP contribution in [0.3, 0.4) is 0 Å². The summed E-state index contributed by atoms with van der Waals surface area (Å²) in [5.41, 5.74) is 13.4. The Morgan fingerprint density at radius 2 is 1.32 bits per heavy atom. The van der Waals surface area contributed by atoms with Gasteiger partial charge in [0.2, 0.25) is 5.78 Å². The van der Waals surface area contributed by atoms with E-state index in [-0.39, 0.29) is 17.2 Å². The molecule has 0 fully saturated rings. The molecule has 0 bridgehead atoms. The van der Waals surface area contributed by atoms with Gasteiger partial charge in [-0.25, -0.2) is 0 Å².